The van der Waals surface area contributed by atoms with E-state index >= 15 is 0 Å². The fraction of sp³-hybridized carbons (Fsp3) is 0.650. The van der Waals surface area contributed by atoms with Gasteiger partial charge >= 0.3 is 6.09 Å². The molecule has 7 heteroatoms. The first-order chi connectivity index (χ1) is 12.4. The number of benzene rings is 1. The summed E-state index contributed by atoms with van der Waals surface area (Å²) in [6.45, 7) is 7.62. The van der Waals surface area contributed by atoms with E-state index in [1.54, 1.807) is 27.7 Å². The van der Waals surface area contributed by atoms with E-state index in [-0.39, 0.29) is 11.5 Å². The zero-order valence-electron chi connectivity index (χ0n) is 16.4. The standard InChI is InChI=1S/C20H29F3N2O2/c1-13(24)15-6-5-7-16(17(15)21)20(22,23)12-14-8-10-25(11-9-14)18(26)27-19(2,3)4/h5-7,13-14H,8-12,24H2,1-4H3/t13-/m1/s1. The molecule has 1 saturated heterocycles. The van der Waals surface area contributed by atoms with Crippen molar-refractivity contribution in [3.63, 3.8) is 0 Å². The summed E-state index contributed by atoms with van der Waals surface area (Å²) in [4.78, 5) is 13.6. The van der Waals surface area contributed by atoms with E-state index in [2.05, 4.69) is 0 Å². The molecule has 1 aliphatic rings. The van der Waals surface area contributed by atoms with Crippen molar-refractivity contribution >= 4 is 6.09 Å². The van der Waals surface area contributed by atoms with E-state index in [1.165, 1.54) is 17.0 Å². The van der Waals surface area contributed by atoms with E-state index in [0.717, 1.165) is 6.07 Å². The number of hydrogen-bond acceptors (Lipinski definition) is 3. The van der Waals surface area contributed by atoms with Crippen LogP contribution in [0.1, 0.15) is 64.1 Å². The van der Waals surface area contributed by atoms with Gasteiger partial charge in [-0.2, -0.15) is 0 Å². The Bertz CT molecular complexity index is 664. The van der Waals surface area contributed by atoms with Crippen LogP contribution in [0.5, 0.6) is 0 Å². The van der Waals surface area contributed by atoms with E-state index in [9.17, 15) is 18.0 Å². The number of halogens is 3. The Hall–Kier alpha value is -1.76. The van der Waals surface area contributed by atoms with Gasteiger partial charge in [0.05, 0.1) is 5.56 Å². The van der Waals surface area contributed by atoms with Crippen molar-refractivity contribution in [2.24, 2.45) is 11.7 Å². The van der Waals surface area contributed by atoms with E-state index < -0.39 is 41.5 Å². The lowest BCUT2D eigenvalue weighted by Crippen LogP contribution is -2.42. The summed E-state index contributed by atoms with van der Waals surface area (Å²) in [5, 5.41) is 0. The summed E-state index contributed by atoms with van der Waals surface area (Å²) in [5.41, 5.74) is 4.56. The van der Waals surface area contributed by atoms with Crippen molar-refractivity contribution in [3.8, 4) is 0 Å². The molecule has 2 N–H and O–H groups in total. The van der Waals surface area contributed by atoms with Gasteiger partial charge in [-0.25, -0.2) is 18.0 Å². The van der Waals surface area contributed by atoms with Crippen LogP contribution in [0.2, 0.25) is 0 Å². The van der Waals surface area contributed by atoms with Gasteiger partial charge in [-0.15, -0.1) is 0 Å². The number of hydrogen-bond donors (Lipinski definition) is 1. The maximum absolute atomic E-state index is 14.7. The Morgan fingerprint density at radius 1 is 1.30 bits per heavy atom. The molecule has 1 amide bonds. The molecule has 0 saturated carbocycles. The molecule has 1 fully saturated rings. The van der Waals surface area contributed by atoms with Gasteiger partial charge in [0.25, 0.3) is 5.92 Å². The minimum atomic E-state index is -3.28. The number of piperidine rings is 1. The Morgan fingerprint density at radius 2 is 1.89 bits per heavy atom. The smallest absolute Gasteiger partial charge is 0.410 e. The summed E-state index contributed by atoms with van der Waals surface area (Å²) in [5.74, 6) is -4.51. The van der Waals surface area contributed by atoms with Crippen molar-refractivity contribution in [1.82, 2.24) is 4.90 Å². The molecule has 1 aromatic rings. The Balaban J connectivity index is 2.00. The molecule has 1 atom stereocenters. The SMILES string of the molecule is C[C@@H](N)c1cccc(C(F)(F)CC2CCN(C(=O)OC(C)(C)C)CC2)c1F. The van der Waals surface area contributed by atoms with E-state index in [4.69, 9.17) is 10.5 Å². The second-order valence-corrected chi connectivity index (χ2v) is 8.32. The molecule has 1 aromatic carbocycles. The number of nitrogens with zero attached hydrogens (tertiary/aromatic N) is 1. The molecule has 0 unspecified atom stereocenters. The maximum atomic E-state index is 14.7. The van der Waals surface area contributed by atoms with Crippen LogP contribution in [0.3, 0.4) is 0 Å². The first-order valence-electron chi connectivity index (χ1n) is 9.31. The predicted octanol–water partition coefficient (Wildman–Crippen LogP) is 4.97. The van der Waals surface area contributed by atoms with Crippen LogP contribution in [-0.2, 0) is 10.7 Å². The topological polar surface area (TPSA) is 55.6 Å². The summed E-state index contributed by atoms with van der Waals surface area (Å²) >= 11 is 0. The number of carbonyl (C=O) groups excluding carboxylic acids is 1. The molecule has 4 nitrogen and oxygen atoms in total. The van der Waals surface area contributed by atoms with Crippen LogP contribution in [0.25, 0.3) is 0 Å². The summed E-state index contributed by atoms with van der Waals surface area (Å²) in [7, 11) is 0. The van der Waals surface area contributed by atoms with E-state index in [0.29, 0.717) is 25.9 Å². The highest BCUT2D eigenvalue weighted by Crippen LogP contribution is 2.40. The zero-order chi connectivity index (χ0) is 20.4. The van der Waals surface area contributed by atoms with Gasteiger partial charge in [0.1, 0.15) is 11.4 Å². The van der Waals surface area contributed by atoms with Crippen molar-refractivity contribution in [1.29, 1.82) is 0 Å². The quantitative estimate of drug-likeness (QED) is 0.794. The normalized spacial score (nSPS) is 17.7. The van der Waals surface area contributed by atoms with Crippen molar-refractivity contribution in [3.05, 3.63) is 35.1 Å². The molecule has 0 bridgehead atoms. The third-order valence-corrected chi connectivity index (χ3v) is 4.72. The third-order valence-electron chi connectivity index (χ3n) is 4.72. The second-order valence-electron chi connectivity index (χ2n) is 8.32. The first kappa shape index (κ1) is 21.5. The summed E-state index contributed by atoms with van der Waals surface area (Å²) in [6, 6.07) is 3.31. The van der Waals surface area contributed by atoms with Crippen LogP contribution >= 0.6 is 0 Å². The number of amides is 1. The van der Waals surface area contributed by atoms with Crippen LogP contribution in [0, 0.1) is 11.7 Å². The molecule has 152 valence electrons. The lowest BCUT2D eigenvalue weighted by atomic mass is 9.87. The average Bonchev–Trinajstić information content (AvgIpc) is 2.53. The van der Waals surface area contributed by atoms with Gasteiger partial charge in [0.15, 0.2) is 0 Å². The Labute approximate surface area is 158 Å². The maximum Gasteiger partial charge on any atom is 0.410 e. The molecule has 0 radical (unpaired) electrons. The Kier molecular flexibility index (Phi) is 6.45. The number of rotatable bonds is 4. The first-order valence-corrected chi connectivity index (χ1v) is 9.31. The highest BCUT2D eigenvalue weighted by Gasteiger charge is 2.39. The van der Waals surface area contributed by atoms with Gasteiger partial charge in [-0.1, -0.05) is 18.2 Å². The second kappa shape index (κ2) is 8.09. The van der Waals surface area contributed by atoms with Crippen molar-refractivity contribution in [2.45, 2.75) is 64.5 Å². The van der Waals surface area contributed by atoms with Gasteiger partial charge < -0.3 is 15.4 Å². The minimum absolute atomic E-state index is 0.0897. The lowest BCUT2D eigenvalue weighted by Gasteiger charge is -2.34. The molecule has 0 aliphatic carbocycles. The van der Waals surface area contributed by atoms with Crippen molar-refractivity contribution < 1.29 is 22.7 Å². The third kappa shape index (κ3) is 5.61. The Morgan fingerprint density at radius 3 is 2.41 bits per heavy atom. The number of nitrogens with two attached hydrogens (primary N) is 1. The largest absolute Gasteiger partial charge is 0.444 e. The predicted molar refractivity (Wildman–Crippen MR) is 98.0 cm³/mol. The summed E-state index contributed by atoms with van der Waals surface area (Å²) in [6.07, 6.45) is -0.00941. The number of ether oxygens (including phenoxy) is 1. The van der Waals surface area contributed by atoms with E-state index in [1.807, 2.05) is 0 Å². The van der Waals surface area contributed by atoms with Gasteiger partial charge in [-0.3, -0.25) is 0 Å². The minimum Gasteiger partial charge on any atom is -0.444 e. The molecular weight excluding hydrogens is 357 g/mol. The molecule has 1 heterocycles. The highest BCUT2D eigenvalue weighted by molar-refractivity contribution is 5.68. The monoisotopic (exact) mass is 386 g/mol. The highest BCUT2D eigenvalue weighted by atomic mass is 19.3. The van der Waals surface area contributed by atoms with Crippen LogP contribution in [0.15, 0.2) is 18.2 Å². The summed E-state index contributed by atoms with van der Waals surface area (Å²) < 4.78 is 49.3. The molecular formula is C20H29F3N2O2. The van der Waals surface area contributed by atoms with Gasteiger partial charge in [0.2, 0.25) is 0 Å². The molecule has 27 heavy (non-hydrogen) atoms. The van der Waals surface area contributed by atoms with Gasteiger partial charge in [0, 0.05) is 31.1 Å². The molecule has 0 spiro atoms. The van der Waals surface area contributed by atoms with Crippen LogP contribution in [0.4, 0.5) is 18.0 Å². The number of carbonyl (C=O) groups is 1. The number of alkyl halides is 2. The van der Waals surface area contributed by atoms with Crippen molar-refractivity contribution in [2.75, 3.05) is 13.1 Å². The fourth-order valence-electron chi connectivity index (χ4n) is 3.30. The van der Waals surface area contributed by atoms with Crippen LogP contribution in [-0.4, -0.2) is 29.7 Å². The zero-order valence-corrected chi connectivity index (χ0v) is 16.4. The average molecular weight is 386 g/mol. The molecule has 1 aliphatic heterocycles. The lowest BCUT2D eigenvalue weighted by molar-refractivity contribution is -0.0412. The molecule has 0 aromatic heterocycles. The van der Waals surface area contributed by atoms with Gasteiger partial charge in [-0.05, 0) is 46.5 Å². The molecule has 2 rings (SSSR count). The number of likely N-dealkylation sites (tertiary alicyclic amines) is 1. The van der Waals surface area contributed by atoms with Crippen LogP contribution < -0.4 is 5.73 Å². The fourth-order valence-corrected chi connectivity index (χ4v) is 3.30.